The number of hydrogen-bond donors (Lipinski definition) is 1. The summed E-state index contributed by atoms with van der Waals surface area (Å²) in [7, 11) is 0. The van der Waals surface area contributed by atoms with Gasteiger partial charge in [0.1, 0.15) is 23.0 Å². The van der Waals surface area contributed by atoms with Crippen molar-refractivity contribution in [1.82, 2.24) is 5.16 Å². The Balaban J connectivity index is 1.02. The minimum Gasteiger partial charge on any atom is -0.478 e. The molecule has 2 aromatic carbocycles. The molecule has 11 heteroatoms. The Morgan fingerprint density at radius 2 is 1.87 bits per heavy atom. The second-order valence-corrected chi connectivity index (χ2v) is 13.9. The van der Waals surface area contributed by atoms with Crippen LogP contribution in [-0.2, 0) is 11.3 Å². The molecule has 1 aromatic heterocycles. The zero-order valence-electron chi connectivity index (χ0n) is 25.5. The smallest absolute Gasteiger partial charge is 0.478 e. The van der Waals surface area contributed by atoms with Crippen LogP contribution in [-0.4, -0.2) is 33.9 Å². The van der Waals surface area contributed by atoms with Crippen molar-refractivity contribution in [2.75, 3.05) is 0 Å². The van der Waals surface area contributed by atoms with Crippen molar-refractivity contribution in [1.29, 1.82) is 0 Å². The molecule has 6 nitrogen and oxygen atoms in total. The molecule has 2 aliphatic carbocycles. The van der Waals surface area contributed by atoms with Crippen molar-refractivity contribution >= 4 is 23.3 Å². The topological polar surface area (TPSA) is 81.8 Å². The molecule has 0 spiro atoms. The number of aromatic carboxylic acids is 1. The maximum atomic E-state index is 14.5. The first kappa shape index (κ1) is 32.6. The van der Waals surface area contributed by atoms with Gasteiger partial charge in [0, 0.05) is 27.9 Å². The number of carboxylic acids is 1. The van der Waals surface area contributed by atoms with Gasteiger partial charge in [0.15, 0.2) is 0 Å². The van der Waals surface area contributed by atoms with Crippen molar-refractivity contribution in [3.05, 3.63) is 76.1 Å². The molecule has 0 bridgehead atoms. The SMILES string of the molecule is C[C@@H]1C[C@H](OCc2c(-c3ccccc3OC(F)(F)F)noc2C2CC2)CCC1CCC1CCC(c2ccc(C(=O)O)cc2F)=CS1. The first-order chi connectivity index (χ1) is 22.1. The predicted octanol–water partition coefficient (Wildman–Crippen LogP) is 9.99. The first-order valence-corrected chi connectivity index (χ1v) is 16.8. The third-order valence-electron chi connectivity index (χ3n) is 9.46. The molecule has 2 fully saturated rings. The van der Waals surface area contributed by atoms with Gasteiger partial charge in [-0.25, -0.2) is 9.18 Å². The number of carboxylic acid groups (broad SMARTS) is 1. The summed E-state index contributed by atoms with van der Waals surface area (Å²) in [6, 6.07) is 10.1. The second kappa shape index (κ2) is 13.8. The third kappa shape index (κ3) is 7.79. The lowest BCUT2D eigenvalue weighted by Crippen LogP contribution is -2.28. The summed E-state index contributed by atoms with van der Waals surface area (Å²) in [4.78, 5) is 11.1. The lowest BCUT2D eigenvalue weighted by molar-refractivity contribution is -0.274. The van der Waals surface area contributed by atoms with E-state index in [0.717, 1.165) is 69.4 Å². The van der Waals surface area contributed by atoms with Crippen LogP contribution in [0.4, 0.5) is 17.6 Å². The largest absolute Gasteiger partial charge is 0.573 e. The normalized spacial score (nSPS) is 23.6. The van der Waals surface area contributed by atoms with Crippen LogP contribution in [0.1, 0.15) is 97.9 Å². The fourth-order valence-corrected chi connectivity index (χ4v) is 7.87. The first-order valence-electron chi connectivity index (χ1n) is 15.9. The van der Waals surface area contributed by atoms with Gasteiger partial charge in [-0.15, -0.1) is 24.9 Å². The van der Waals surface area contributed by atoms with E-state index in [9.17, 15) is 22.4 Å². The van der Waals surface area contributed by atoms with Gasteiger partial charge in [0.05, 0.1) is 18.3 Å². The predicted molar refractivity (Wildman–Crippen MR) is 167 cm³/mol. The number of aromatic nitrogens is 1. The lowest BCUT2D eigenvalue weighted by atomic mass is 9.76. The number of thioether (sulfide) groups is 1. The van der Waals surface area contributed by atoms with E-state index in [4.69, 9.17) is 14.4 Å². The highest BCUT2D eigenvalue weighted by Gasteiger charge is 2.36. The highest BCUT2D eigenvalue weighted by Crippen LogP contribution is 2.46. The van der Waals surface area contributed by atoms with Crippen LogP contribution in [0.5, 0.6) is 5.75 Å². The van der Waals surface area contributed by atoms with Gasteiger partial charge in [0.2, 0.25) is 0 Å². The molecule has 1 aliphatic heterocycles. The number of para-hydroxylation sites is 1. The van der Waals surface area contributed by atoms with Crippen molar-refractivity contribution in [3.63, 3.8) is 0 Å². The summed E-state index contributed by atoms with van der Waals surface area (Å²) in [6.45, 7) is 2.49. The quantitative estimate of drug-likeness (QED) is 0.205. The Morgan fingerprint density at radius 1 is 1.07 bits per heavy atom. The van der Waals surface area contributed by atoms with Crippen LogP contribution in [0.3, 0.4) is 0 Å². The van der Waals surface area contributed by atoms with Gasteiger partial charge < -0.3 is 19.1 Å². The standard InChI is InChI=1S/C35H37F4NO5S/c1-20-16-25(12-8-21(20)9-13-26-14-10-24(19-46-26)27-15-11-23(34(41)42)17-30(27)36)43-18-29-32(40-45-33(29)22-6-7-22)28-4-2-3-5-31(28)44-35(37,38)39/h2-5,11,15,17,19-22,25-26H,6-10,12-14,16,18H2,1H3,(H,41,42)/t20-,21?,25-,26?/m1/s1. The van der Waals surface area contributed by atoms with E-state index >= 15 is 0 Å². The fourth-order valence-electron chi connectivity index (χ4n) is 6.75. The molecule has 2 unspecified atom stereocenters. The number of rotatable bonds is 11. The number of nitrogens with zero attached hydrogens (tertiary/aromatic N) is 1. The molecule has 246 valence electrons. The molecule has 4 atom stereocenters. The van der Waals surface area contributed by atoms with Crippen LogP contribution in [0.25, 0.3) is 16.8 Å². The van der Waals surface area contributed by atoms with E-state index in [2.05, 4.69) is 16.8 Å². The zero-order valence-corrected chi connectivity index (χ0v) is 26.3. The van der Waals surface area contributed by atoms with Crippen LogP contribution in [0.2, 0.25) is 0 Å². The number of benzene rings is 2. The van der Waals surface area contributed by atoms with E-state index in [1.165, 1.54) is 18.2 Å². The molecule has 0 saturated heterocycles. The molecule has 6 rings (SSSR count). The third-order valence-corrected chi connectivity index (χ3v) is 10.7. The highest BCUT2D eigenvalue weighted by molar-refractivity contribution is 8.02. The van der Waals surface area contributed by atoms with Gasteiger partial charge in [0.25, 0.3) is 0 Å². The van der Waals surface area contributed by atoms with Crippen molar-refractivity contribution in [2.24, 2.45) is 11.8 Å². The van der Waals surface area contributed by atoms with E-state index < -0.39 is 18.1 Å². The van der Waals surface area contributed by atoms with Gasteiger partial charge in [-0.1, -0.05) is 30.3 Å². The minimum atomic E-state index is -4.82. The van der Waals surface area contributed by atoms with Gasteiger partial charge in [-0.05, 0) is 105 Å². The maximum Gasteiger partial charge on any atom is 0.573 e. The monoisotopic (exact) mass is 659 g/mol. The molecule has 2 heterocycles. The molecule has 46 heavy (non-hydrogen) atoms. The lowest BCUT2D eigenvalue weighted by Gasteiger charge is -2.35. The Hall–Kier alpha value is -3.31. The van der Waals surface area contributed by atoms with Gasteiger partial charge >= 0.3 is 12.3 Å². The number of halogens is 4. The van der Waals surface area contributed by atoms with Gasteiger partial charge in [-0.2, -0.15) is 0 Å². The molecular formula is C35H37F4NO5S. The second-order valence-electron chi connectivity index (χ2n) is 12.7. The Bertz CT molecular complexity index is 1580. The molecular weight excluding hydrogens is 622 g/mol. The molecule has 1 N–H and O–H groups in total. The number of hydrogen-bond acceptors (Lipinski definition) is 6. The minimum absolute atomic E-state index is 0.0414. The van der Waals surface area contributed by atoms with Crippen molar-refractivity contribution in [2.45, 2.75) is 95.0 Å². The summed E-state index contributed by atoms with van der Waals surface area (Å²) in [6.07, 6.45) is 3.88. The molecule has 0 amide bonds. The molecule has 0 radical (unpaired) electrons. The summed E-state index contributed by atoms with van der Waals surface area (Å²) in [5.74, 6) is -0.00398. The van der Waals surface area contributed by atoms with Crippen LogP contribution >= 0.6 is 11.8 Å². The van der Waals surface area contributed by atoms with Crippen molar-refractivity contribution < 1.29 is 41.5 Å². The summed E-state index contributed by atoms with van der Waals surface area (Å²) < 4.78 is 70.2. The average molecular weight is 660 g/mol. The zero-order chi connectivity index (χ0) is 32.4. The van der Waals surface area contributed by atoms with E-state index in [1.807, 2.05) is 5.41 Å². The Labute approximate surface area is 269 Å². The van der Waals surface area contributed by atoms with Crippen LogP contribution < -0.4 is 4.74 Å². The number of allylic oxidation sites excluding steroid dienone is 1. The van der Waals surface area contributed by atoms with E-state index in [0.29, 0.717) is 39.7 Å². The summed E-state index contributed by atoms with van der Waals surface area (Å²) >= 11 is 1.74. The molecule has 3 aliphatic rings. The maximum absolute atomic E-state index is 14.5. The molecule has 2 saturated carbocycles. The van der Waals surface area contributed by atoms with Gasteiger partial charge in [-0.3, -0.25) is 0 Å². The Morgan fingerprint density at radius 3 is 2.54 bits per heavy atom. The Kier molecular flexibility index (Phi) is 9.80. The van der Waals surface area contributed by atoms with Crippen molar-refractivity contribution in [3.8, 4) is 17.0 Å². The van der Waals surface area contributed by atoms with E-state index in [1.54, 1.807) is 30.0 Å². The number of ether oxygens (including phenoxy) is 2. The average Bonchev–Trinajstić information content (AvgIpc) is 3.78. The summed E-state index contributed by atoms with van der Waals surface area (Å²) in [5.41, 5.74) is 2.61. The number of carbonyl (C=O) groups is 1. The van der Waals surface area contributed by atoms with Crippen LogP contribution in [0, 0.1) is 17.7 Å². The highest BCUT2D eigenvalue weighted by atomic mass is 32.2. The summed E-state index contributed by atoms with van der Waals surface area (Å²) in [5, 5.41) is 15.8. The molecule has 3 aromatic rings. The fraction of sp³-hybridized carbons (Fsp3) is 0.486. The van der Waals surface area contributed by atoms with Crippen LogP contribution in [0.15, 0.2) is 52.4 Å². The number of alkyl halides is 3. The van der Waals surface area contributed by atoms with E-state index in [-0.39, 0.29) is 35.5 Å².